The number of benzene rings is 1. The van der Waals surface area contributed by atoms with Crippen LogP contribution in [0.4, 0.5) is 5.69 Å². The summed E-state index contributed by atoms with van der Waals surface area (Å²) in [4.78, 5) is 10.9. The van der Waals surface area contributed by atoms with Crippen molar-refractivity contribution in [1.29, 1.82) is 0 Å². The Morgan fingerprint density at radius 1 is 1.47 bits per heavy atom. The molecule has 0 saturated carbocycles. The summed E-state index contributed by atoms with van der Waals surface area (Å²) in [6.45, 7) is 1.89. The summed E-state index contributed by atoms with van der Waals surface area (Å²) in [6, 6.07) is 4.79. The van der Waals surface area contributed by atoms with Crippen LogP contribution in [0.1, 0.15) is 15.9 Å². The third-order valence-corrected chi connectivity index (χ3v) is 2.88. The highest BCUT2D eigenvalue weighted by molar-refractivity contribution is 7.89. The minimum absolute atomic E-state index is 0.0720. The molecule has 7 heteroatoms. The largest absolute Gasteiger partial charge is 0.478 e. The first-order valence-corrected chi connectivity index (χ1v) is 6.59. The lowest BCUT2D eigenvalue weighted by atomic mass is 10.1. The number of anilines is 1. The number of aromatic carboxylic acids is 1. The van der Waals surface area contributed by atoms with Gasteiger partial charge in [-0.3, -0.25) is 0 Å². The van der Waals surface area contributed by atoms with Crippen molar-refractivity contribution in [2.24, 2.45) is 5.14 Å². The Balaban J connectivity index is 2.82. The average Bonchev–Trinajstić information content (AvgIpc) is 2.15. The van der Waals surface area contributed by atoms with Gasteiger partial charge >= 0.3 is 5.97 Å². The van der Waals surface area contributed by atoms with Crippen molar-refractivity contribution in [3.05, 3.63) is 29.3 Å². The first-order valence-electron chi connectivity index (χ1n) is 4.88. The molecule has 1 rings (SSSR count). The van der Waals surface area contributed by atoms with Gasteiger partial charge in [0.25, 0.3) is 0 Å². The molecule has 0 spiro atoms. The van der Waals surface area contributed by atoms with Gasteiger partial charge in [0, 0.05) is 12.2 Å². The molecule has 0 aliphatic rings. The van der Waals surface area contributed by atoms with Gasteiger partial charge in [-0.1, -0.05) is 6.07 Å². The van der Waals surface area contributed by atoms with Gasteiger partial charge in [-0.25, -0.2) is 18.4 Å². The monoisotopic (exact) mass is 258 g/mol. The van der Waals surface area contributed by atoms with Crippen LogP contribution in [0.2, 0.25) is 0 Å². The van der Waals surface area contributed by atoms with Crippen molar-refractivity contribution in [2.75, 3.05) is 17.6 Å². The molecule has 17 heavy (non-hydrogen) atoms. The lowest BCUT2D eigenvalue weighted by molar-refractivity contribution is 0.0698. The highest BCUT2D eigenvalue weighted by Gasteiger charge is 2.10. The Hall–Kier alpha value is -1.60. The highest BCUT2D eigenvalue weighted by Crippen LogP contribution is 2.17. The second kappa shape index (κ2) is 5.15. The molecule has 0 aliphatic carbocycles. The summed E-state index contributed by atoms with van der Waals surface area (Å²) >= 11 is 0. The number of nitrogens with two attached hydrogens (primary N) is 1. The molecule has 1 aromatic rings. The van der Waals surface area contributed by atoms with Crippen LogP contribution in [0.15, 0.2) is 18.2 Å². The quantitative estimate of drug-likeness (QED) is 0.708. The fourth-order valence-electron chi connectivity index (χ4n) is 1.32. The predicted octanol–water partition coefficient (Wildman–Crippen LogP) is 0.394. The van der Waals surface area contributed by atoms with Gasteiger partial charge in [-0.05, 0) is 24.6 Å². The zero-order chi connectivity index (χ0) is 13.1. The molecule has 0 unspecified atom stereocenters. The number of carboxylic acids is 1. The van der Waals surface area contributed by atoms with E-state index < -0.39 is 16.0 Å². The molecular weight excluding hydrogens is 244 g/mol. The molecule has 0 bridgehead atoms. The number of hydrogen-bond donors (Lipinski definition) is 3. The third kappa shape index (κ3) is 4.41. The molecule has 1 aromatic carbocycles. The van der Waals surface area contributed by atoms with Crippen LogP contribution in [-0.2, 0) is 10.0 Å². The molecule has 0 amide bonds. The maximum Gasteiger partial charge on any atom is 0.337 e. The van der Waals surface area contributed by atoms with E-state index in [9.17, 15) is 13.2 Å². The molecule has 0 atom stereocenters. The molecule has 0 fully saturated rings. The Morgan fingerprint density at radius 2 is 2.12 bits per heavy atom. The number of aryl methyl sites for hydroxylation is 1. The fourth-order valence-corrected chi connectivity index (χ4v) is 1.71. The van der Waals surface area contributed by atoms with Gasteiger partial charge in [0.2, 0.25) is 10.0 Å². The van der Waals surface area contributed by atoms with Gasteiger partial charge in [0.15, 0.2) is 0 Å². The number of nitrogens with one attached hydrogen (secondary N) is 1. The minimum atomic E-state index is -3.55. The summed E-state index contributed by atoms with van der Waals surface area (Å²) in [7, 11) is -3.55. The standard InChI is InChI=1S/C10H14N2O4S/c1-7-2-3-8(10(13)14)9(6-7)12-4-5-17(11,15)16/h2-3,6,12H,4-5H2,1H3,(H,13,14)(H2,11,15,16). The molecule has 0 aliphatic heterocycles. The Morgan fingerprint density at radius 3 is 2.65 bits per heavy atom. The maximum absolute atomic E-state index is 10.9. The summed E-state index contributed by atoms with van der Waals surface area (Å²) < 4.78 is 21.5. The number of carboxylic acid groups (broad SMARTS) is 1. The van der Waals surface area contributed by atoms with Crippen LogP contribution in [-0.4, -0.2) is 31.8 Å². The summed E-state index contributed by atoms with van der Waals surface area (Å²) in [5, 5.41) is 16.5. The Kier molecular flexibility index (Phi) is 4.08. The van der Waals surface area contributed by atoms with Gasteiger partial charge in [-0.15, -0.1) is 0 Å². The van der Waals surface area contributed by atoms with Gasteiger partial charge < -0.3 is 10.4 Å². The van der Waals surface area contributed by atoms with E-state index in [0.717, 1.165) is 5.56 Å². The minimum Gasteiger partial charge on any atom is -0.478 e. The zero-order valence-corrected chi connectivity index (χ0v) is 10.1. The van der Waals surface area contributed by atoms with Crippen molar-refractivity contribution in [2.45, 2.75) is 6.92 Å². The van der Waals surface area contributed by atoms with Gasteiger partial charge in [0.1, 0.15) is 0 Å². The van der Waals surface area contributed by atoms with Crippen LogP contribution < -0.4 is 10.5 Å². The Bertz CT molecular complexity index is 525. The number of carbonyl (C=O) groups is 1. The van der Waals surface area contributed by atoms with Crippen molar-refractivity contribution in [3.63, 3.8) is 0 Å². The maximum atomic E-state index is 10.9. The van der Waals surface area contributed by atoms with E-state index >= 15 is 0 Å². The van der Waals surface area contributed by atoms with Crippen LogP contribution in [0, 0.1) is 6.92 Å². The lowest BCUT2D eigenvalue weighted by Crippen LogP contribution is -2.23. The van der Waals surface area contributed by atoms with Crippen LogP contribution in [0.5, 0.6) is 0 Å². The predicted molar refractivity (Wildman–Crippen MR) is 64.6 cm³/mol. The number of hydrogen-bond acceptors (Lipinski definition) is 4. The average molecular weight is 258 g/mol. The van der Waals surface area contributed by atoms with Crippen molar-refractivity contribution < 1.29 is 18.3 Å². The van der Waals surface area contributed by atoms with E-state index in [4.69, 9.17) is 10.2 Å². The molecule has 0 radical (unpaired) electrons. The van der Waals surface area contributed by atoms with Crippen molar-refractivity contribution >= 4 is 21.7 Å². The van der Waals surface area contributed by atoms with E-state index in [-0.39, 0.29) is 17.9 Å². The van der Waals surface area contributed by atoms with Gasteiger partial charge in [0.05, 0.1) is 11.3 Å². The van der Waals surface area contributed by atoms with E-state index in [2.05, 4.69) is 5.32 Å². The number of rotatable bonds is 5. The summed E-state index contributed by atoms with van der Waals surface area (Å²) in [5.41, 5.74) is 1.37. The van der Waals surface area contributed by atoms with E-state index in [1.807, 2.05) is 6.92 Å². The first-order chi connectivity index (χ1) is 7.79. The van der Waals surface area contributed by atoms with Gasteiger partial charge in [-0.2, -0.15) is 0 Å². The second-order valence-corrected chi connectivity index (χ2v) is 5.38. The zero-order valence-electron chi connectivity index (χ0n) is 9.30. The summed E-state index contributed by atoms with van der Waals surface area (Å²) in [6.07, 6.45) is 0. The van der Waals surface area contributed by atoms with Crippen LogP contribution in [0.3, 0.4) is 0 Å². The second-order valence-electron chi connectivity index (χ2n) is 3.65. The molecule has 0 aromatic heterocycles. The third-order valence-electron chi connectivity index (χ3n) is 2.11. The number of sulfonamides is 1. The summed E-state index contributed by atoms with van der Waals surface area (Å²) in [5.74, 6) is -1.32. The smallest absolute Gasteiger partial charge is 0.337 e. The Labute approximate surface area is 99.5 Å². The van der Waals surface area contributed by atoms with Crippen molar-refractivity contribution in [3.8, 4) is 0 Å². The van der Waals surface area contributed by atoms with E-state index in [1.54, 1.807) is 12.1 Å². The first kappa shape index (κ1) is 13.5. The lowest BCUT2D eigenvalue weighted by Gasteiger charge is -2.09. The molecule has 4 N–H and O–H groups in total. The normalized spacial score (nSPS) is 11.2. The molecule has 6 nitrogen and oxygen atoms in total. The molecule has 0 saturated heterocycles. The van der Waals surface area contributed by atoms with Crippen LogP contribution in [0.25, 0.3) is 0 Å². The molecule has 0 heterocycles. The van der Waals surface area contributed by atoms with Crippen molar-refractivity contribution in [1.82, 2.24) is 0 Å². The van der Waals surface area contributed by atoms with E-state index in [0.29, 0.717) is 5.69 Å². The number of primary sulfonamides is 1. The van der Waals surface area contributed by atoms with E-state index in [1.165, 1.54) is 6.07 Å². The highest BCUT2D eigenvalue weighted by atomic mass is 32.2. The van der Waals surface area contributed by atoms with Crippen LogP contribution >= 0.6 is 0 Å². The molecular formula is C10H14N2O4S. The SMILES string of the molecule is Cc1ccc(C(=O)O)c(NCCS(N)(=O)=O)c1. The fraction of sp³-hybridized carbons (Fsp3) is 0.300. The molecule has 94 valence electrons. The topological polar surface area (TPSA) is 109 Å².